The van der Waals surface area contributed by atoms with E-state index in [1.807, 2.05) is 12.1 Å². The molecule has 0 saturated carbocycles. The fraction of sp³-hybridized carbons (Fsp3) is 0.538. The van der Waals surface area contributed by atoms with E-state index in [0.29, 0.717) is 6.04 Å². The normalized spacial score (nSPS) is 20.0. The number of benzene rings is 1. The van der Waals surface area contributed by atoms with Crippen LogP contribution < -0.4 is 10.1 Å². The van der Waals surface area contributed by atoms with Crippen molar-refractivity contribution in [2.45, 2.75) is 32.0 Å². The van der Waals surface area contributed by atoms with Crippen molar-refractivity contribution < 1.29 is 9.13 Å². The van der Waals surface area contributed by atoms with Gasteiger partial charge in [-0.25, -0.2) is 4.39 Å². The molecule has 3 heteroatoms. The molecule has 2 nitrogen and oxygen atoms in total. The van der Waals surface area contributed by atoms with Gasteiger partial charge in [-0.2, -0.15) is 0 Å². The summed E-state index contributed by atoms with van der Waals surface area (Å²) >= 11 is 0. The summed E-state index contributed by atoms with van der Waals surface area (Å²) in [5.41, 5.74) is 1.84. The Kier molecular flexibility index (Phi) is 3.78. The average molecular weight is 223 g/mol. The number of methoxy groups -OCH3 is 1. The van der Waals surface area contributed by atoms with Crippen molar-refractivity contribution in [3.05, 3.63) is 29.3 Å². The lowest BCUT2D eigenvalue weighted by Gasteiger charge is -2.14. The summed E-state index contributed by atoms with van der Waals surface area (Å²) in [6, 6.07) is 6.08. The van der Waals surface area contributed by atoms with Gasteiger partial charge in [0.2, 0.25) is 0 Å². The van der Waals surface area contributed by atoms with Gasteiger partial charge in [-0.3, -0.25) is 0 Å². The molecule has 1 aliphatic rings. The summed E-state index contributed by atoms with van der Waals surface area (Å²) in [4.78, 5) is 0. The Morgan fingerprint density at radius 2 is 2.38 bits per heavy atom. The highest BCUT2D eigenvalue weighted by molar-refractivity contribution is 5.37. The topological polar surface area (TPSA) is 21.3 Å². The minimum Gasteiger partial charge on any atom is -0.496 e. The molecule has 1 aliphatic heterocycles. The van der Waals surface area contributed by atoms with E-state index in [-0.39, 0.29) is 0 Å². The third-order valence-corrected chi connectivity index (χ3v) is 3.13. The second-order valence-corrected chi connectivity index (χ2v) is 4.28. The average Bonchev–Trinajstić information content (AvgIpc) is 2.82. The van der Waals surface area contributed by atoms with Gasteiger partial charge in [0.05, 0.1) is 7.11 Å². The molecule has 1 aromatic rings. The van der Waals surface area contributed by atoms with Crippen molar-refractivity contribution in [2.75, 3.05) is 13.7 Å². The van der Waals surface area contributed by atoms with Crippen LogP contribution in [-0.4, -0.2) is 19.7 Å². The summed E-state index contributed by atoms with van der Waals surface area (Å²) in [6.45, 7) is 0.685. The van der Waals surface area contributed by atoms with Gasteiger partial charge in [0.15, 0.2) is 0 Å². The lowest BCUT2D eigenvalue weighted by atomic mass is 10.0. The second kappa shape index (κ2) is 5.30. The van der Waals surface area contributed by atoms with Crippen LogP contribution in [-0.2, 0) is 13.1 Å². The zero-order valence-corrected chi connectivity index (χ0v) is 9.63. The van der Waals surface area contributed by atoms with Crippen LogP contribution >= 0.6 is 0 Å². The summed E-state index contributed by atoms with van der Waals surface area (Å²) in [5.74, 6) is 0.867. The summed E-state index contributed by atoms with van der Waals surface area (Å²) in [6.07, 6.45) is 3.36. The third-order valence-electron chi connectivity index (χ3n) is 3.13. The predicted molar refractivity (Wildman–Crippen MR) is 62.5 cm³/mol. The van der Waals surface area contributed by atoms with Gasteiger partial charge in [0.1, 0.15) is 12.4 Å². The van der Waals surface area contributed by atoms with E-state index < -0.39 is 6.67 Å². The van der Waals surface area contributed by atoms with Crippen molar-refractivity contribution in [1.82, 2.24) is 5.32 Å². The van der Waals surface area contributed by atoms with Crippen LogP contribution in [0.3, 0.4) is 0 Å². The monoisotopic (exact) mass is 223 g/mol. The van der Waals surface area contributed by atoms with Gasteiger partial charge in [0.25, 0.3) is 0 Å². The number of rotatable bonds is 4. The molecule has 0 spiro atoms. The van der Waals surface area contributed by atoms with Crippen LogP contribution in [0.5, 0.6) is 5.75 Å². The van der Waals surface area contributed by atoms with Crippen molar-refractivity contribution in [3.8, 4) is 5.75 Å². The maximum absolute atomic E-state index is 12.6. The molecule has 88 valence electrons. The smallest absolute Gasteiger partial charge is 0.122 e. The molecule has 0 aliphatic carbocycles. The number of hydrogen-bond donors (Lipinski definition) is 1. The first kappa shape index (κ1) is 11.4. The third kappa shape index (κ3) is 2.53. The fourth-order valence-corrected chi connectivity index (χ4v) is 2.27. The molecule has 1 saturated heterocycles. The molecule has 1 heterocycles. The first-order valence-electron chi connectivity index (χ1n) is 5.78. The number of hydrogen-bond acceptors (Lipinski definition) is 2. The minimum absolute atomic E-state index is 0.408. The molecule has 1 atom stereocenters. The highest BCUT2D eigenvalue weighted by Gasteiger charge is 2.16. The van der Waals surface area contributed by atoms with E-state index >= 15 is 0 Å². The van der Waals surface area contributed by atoms with Crippen molar-refractivity contribution in [1.29, 1.82) is 0 Å². The van der Waals surface area contributed by atoms with Crippen molar-refractivity contribution in [3.63, 3.8) is 0 Å². The molecule has 0 radical (unpaired) electrons. The van der Waals surface area contributed by atoms with Crippen LogP contribution in [0.4, 0.5) is 4.39 Å². The van der Waals surface area contributed by atoms with E-state index in [0.717, 1.165) is 29.8 Å². The Hall–Kier alpha value is -1.09. The van der Waals surface area contributed by atoms with Crippen molar-refractivity contribution >= 4 is 0 Å². The Morgan fingerprint density at radius 3 is 3.00 bits per heavy atom. The van der Waals surface area contributed by atoms with Crippen molar-refractivity contribution in [2.24, 2.45) is 0 Å². The maximum Gasteiger partial charge on any atom is 0.122 e. The van der Waals surface area contributed by atoms with Gasteiger partial charge in [0, 0.05) is 6.04 Å². The minimum atomic E-state index is -0.408. The van der Waals surface area contributed by atoms with Crippen LogP contribution in [0.15, 0.2) is 18.2 Å². The Morgan fingerprint density at radius 1 is 1.50 bits per heavy atom. The zero-order valence-electron chi connectivity index (χ0n) is 9.63. The van der Waals surface area contributed by atoms with E-state index in [4.69, 9.17) is 4.74 Å². The molecule has 2 rings (SSSR count). The predicted octanol–water partition coefficient (Wildman–Crippen LogP) is 2.46. The molecule has 1 fully saturated rings. The Bertz CT molecular complexity index is 348. The van der Waals surface area contributed by atoms with Crippen LogP contribution in [0, 0.1) is 0 Å². The number of ether oxygens (including phenoxy) is 1. The lowest BCUT2D eigenvalue weighted by Crippen LogP contribution is -2.23. The molecule has 1 unspecified atom stereocenters. The van der Waals surface area contributed by atoms with E-state index in [1.54, 1.807) is 13.2 Å². The quantitative estimate of drug-likeness (QED) is 0.846. The van der Waals surface area contributed by atoms with Crippen LogP contribution in [0.1, 0.15) is 24.0 Å². The molecule has 1 aromatic carbocycles. The molecular weight excluding hydrogens is 205 g/mol. The molecule has 1 N–H and O–H groups in total. The number of alkyl halides is 1. The number of halogens is 1. The van der Waals surface area contributed by atoms with Crippen LogP contribution in [0.2, 0.25) is 0 Å². The molecule has 0 aromatic heterocycles. The summed E-state index contributed by atoms with van der Waals surface area (Å²) in [7, 11) is 1.66. The standard InChI is InChI=1S/C13H18FNO/c1-16-13-5-4-10(9-14)7-11(13)8-12-3-2-6-15-12/h4-5,7,12,15H,2-3,6,8-9H2,1H3. The van der Waals surface area contributed by atoms with Gasteiger partial charge < -0.3 is 10.1 Å². The first-order chi connectivity index (χ1) is 7.83. The first-order valence-corrected chi connectivity index (χ1v) is 5.78. The maximum atomic E-state index is 12.6. The van der Waals surface area contributed by atoms with Gasteiger partial charge in [-0.05, 0) is 49.1 Å². The highest BCUT2D eigenvalue weighted by atomic mass is 19.1. The van der Waals surface area contributed by atoms with E-state index in [1.165, 1.54) is 12.8 Å². The SMILES string of the molecule is COc1ccc(CF)cc1CC1CCCN1. The molecular formula is C13H18FNO. The van der Waals surface area contributed by atoms with Gasteiger partial charge >= 0.3 is 0 Å². The highest BCUT2D eigenvalue weighted by Crippen LogP contribution is 2.23. The Labute approximate surface area is 95.8 Å². The molecule has 0 amide bonds. The fourth-order valence-electron chi connectivity index (χ4n) is 2.27. The molecule has 16 heavy (non-hydrogen) atoms. The van der Waals surface area contributed by atoms with Crippen LogP contribution in [0.25, 0.3) is 0 Å². The summed E-state index contributed by atoms with van der Waals surface area (Å²) < 4.78 is 17.9. The zero-order chi connectivity index (χ0) is 11.4. The summed E-state index contributed by atoms with van der Waals surface area (Å²) in [5, 5.41) is 3.44. The Balaban J connectivity index is 2.15. The van der Waals surface area contributed by atoms with E-state index in [9.17, 15) is 4.39 Å². The largest absolute Gasteiger partial charge is 0.496 e. The molecule has 0 bridgehead atoms. The number of nitrogens with one attached hydrogen (secondary N) is 1. The second-order valence-electron chi connectivity index (χ2n) is 4.28. The van der Waals surface area contributed by atoms with Gasteiger partial charge in [-0.15, -0.1) is 0 Å². The van der Waals surface area contributed by atoms with Gasteiger partial charge in [-0.1, -0.05) is 6.07 Å². The van der Waals surface area contributed by atoms with E-state index in [2.05, 4.69) is 5.32 Å². The lowest BCUT2D eigenvalue weighted by molar-refractivity contribution is 0.405.